The van der Waals surface area contributed by atoms with E-state index < -0.39 is 23.9 Å². The second-order valence-corrected chi connectivity index (χ2v) is 5.01. The number of hydrogen-bond acceptors (Lipinski definition) is 4. The molecular formula is C15H14N2O4. The average Bonchev–Trinajstić information content (AvgIpc) is 2.96. The fourth-order valence-corrected chi connectivity index (χ4v) is 2.72. The quantitative estimate of drug-likeness (QED) is 0.777. The number of carbonyl (C=O) groups excluding carboxylic acids is 3. The van der Waals surface area contributed by atoms with Gasteiger partial charge in [-0.1, -0.05) is 30.3 Å². The molecule has 0 saturated carbocycles. The SMILES string of the molecule is CC(=O)N1C(=O)N([C@H](C)c2ccccc2)C2=COC(=O)[C@H]21. The maximum absolute atomic E-state index is 12.5. The van der Waals surface area contributed by atoms with Gasteiger partial charge in [-0.3, -0.25) is 9.69 Å². The van der Waals surface area contributed by atoms with Crippen molar-refractivity contribution in [3.8, 4) is 0 Å². The molecule has 2 aliphatic heterocycles. The smallest absolute Gasteiger partial charge is 0.340 e. The molecule has 6 nitrogen and oxygen atoms in total. The number of imide groups is 1. The molecule has 1 saturated heterocycles. The maximum Gasteiger partial charge on any atom is 0.340 e. The number of hydrogen-bond donors (Lipinski definition) is 0. The lowest BCUT2D eigenvalue weighted by Crippen LogP contribution is -2.42. The highest BCUT2D eigenvalue weighted by molar-refractivity contribution is 6.04. The van der Waals surface area contributed by atoms with Gasteiger partial charge in [0.25, 0.3) is 0 Å². The Hall–Kier alpha value is -2.63. The molecule has 0 unspecified atom stereocenters. The van der Waals surface area contributed by atoms with Gasteiger partial charge in [-0.25, -0.2) is 14.5 Å². The van der Waals surface area contributed by atoms with Crippen LogP contribution in [0.3, 0.4) is 0 Å². The van der Waals surface area contributed by atoms with Gasteiger partial charge < -0.3 is 4.74 Å². The monoisotopic (exact) mass is 286 g/mol. The Balaban J connectivity index is 2.01. The highest BCUT2D eigenvalue weighted by Gasteiger charge is 2.53. The molecule has 0 spiro atoms. The van der Waals surface area contributed by atoms with Crippen molar-refractivity contribution in [2.24, 2.45) is 0 Å². The number of esters is 1. The zero-order valence-corrected chi connectivity index (χ0v) is 11.6. The van der Waals surface area contributed by atoms with Crippen molar-refractivity contribution >= 4 is 17.9 Å². The van der Waals surface area contributed by atoms with Crippen molar-refractivity contribution in [1.82, 2.24) is 9.80 Å². The van der Waals surface area contributed by atoms with Gasteiger partial charge in [0, 0.05) is 6.92 Å². The molecule has 21 heavy (non-hydrogen) atoms. The average molecular weight is 286 g/mol. The molecule has 6 heteroatoms. The molecule has 1 aromatic rings. The Labute approximate surface area is 121 Å². The third-order valence-electron chi connectivity index (χ3n) is 3.76. The van der Waals surface area contributed by atoms with Crippen molar-refractivity contribution in [1.29, 1.82) is 0 Å². The zero-order valence-electron chi connectivity index (χ0n) is 11.6. The van der Waals surface area contributed by atoms with E-state index in [-0.39, 0.29) is 6.04 Å². The molecule has 0 bridgehead atoms. The van der Waals surface area contributed by atoms with Crippen LogP contribution in [0, 0.1) is 0 Å². The lowest BCUT2D eigenvalue weighted by Gasteiger charge is -2.24. The van der Waals surface area contributed by atoms with E-state index in [0.717, 1.165) is 10.5 Å². The van der Waals surface area contributed by atoms with Crippen molar-refractivity contribution < 1.29 is 19.1 Å². The van der Waals surface area contributed by atoms with Crippen LogP contribution in [0.2, 0.25) is 0 Å². The lowest BCUT2D eigenvalue weighted by atomic mass is 10.1. The van der Waals surface area contributed by atoms with Crippen LogP contribution in [0.25, 0.3) is 0 Å². The van der Waals surface area contributed by atoms with E-state index >= 15 is 0 Å². The van der Waals surface area contributed by atoms with E-state index in [2.05, 4.69) is 0 Å². The number of carbonyl (C=O) groups is 3. The van der Waals surface area contributed by atoms with E-state index in [0.29, 0.717) is 5.70 Å². The Bertz CT molecular complexity index is 653. The van der Waals surface area contributed by atoms with E-state index in [4.69, 9.17) is 4.74 Å². The highest BCUT2D eigenvalue weighted by atomic mass is 16.5. The minimum atomic E-state index is -0.957. The van der Waals surface area contributed by atoms with Crippen LogP contribution < -0.4 is 0 Å². The van der Waals surface area contributed by atoms with Crippen LogP contribution in [0.4, 0.5) is 4.79 Å². The van der Waals surface area contributed by atoms with Gasteiger partial charge in [0.2, 0.25) is 5.91 Å². The molecule has 108 valence electrons. The Morgan fingerprint density at radius 2 is 1.90 bits per heavy atom. The first kappa shape index (κ1) is 13.4. The normalized spacial score (nSPS) is 22.0. The van der Waals surface area contributed by atoms with Crippen LogP contribution in [0.1, 0.15) is 25.5 Å². The number of fused-ring (bicyclic) bond motifs is 1. The lowest BCUT2D eigenvalue weighted by molar-refractivity contribution is -0.143. The minimum Gasteiger partial charge on any atom is -0.431 e. The molecule has 0 aromatic heterocycles. The standard InChI is InChI=1S/C15H14N2O4/c1-9(11-6-4-3-5-7-11)16-12-8-21-14(19)13(12)17(10(2)18)15(16)20/h3-9,13H,1-2H3/t9-,13+/m1/s1. The van der Waals surface area contributed by atoms with E-state index in [1.807, 2.05) is 37.3 Å². The largest absolute Gasteiger partial charge is 0.431 e. The Morgan fingerprint density at radius 3 is 2.52 bits per heavy atom. The molecule has 0 aliphatic carbocycles. The molecule has 3 amide bonds. The van der Waals surface area contributed by atoms with Crippen LogP contribution >= 0.6 is 0 Å². The molecule has 1 fully saturated rings. The first-order valence-electron chi connectivity index (χ1n) is 6.61. The highest BCUT2D eigenvalue weighted by Crippen LogP contribution is 2.37. The summed E-state index contributed by atoms with van der Waals surface area (Å²) in [5.41, 5.74) is 1.33. The Kier molecular flexibility index (Phi) is 3.01. The summed E-state index contributed by atoms with van der Waals surface area (Å²) < 4.78 is 4.88. The molecule has 3 rings (SSSR count). The number of benzene rings is 1. The van der Waals surface area contributed by atoms with Crippen molar-refractivity contribution in [2.75, 3.05) is 0 Å². The van der Waals surface area contributed by atoms with Gasteiger partial charge in [-0.15, -0.1) is 0 Å². The number of amides is 3. The summed E-state index contributed by atoms with van der Waals surface area (Å²) in [6, 6.07) is 7.66. The molecule has 2 atom stereocenters. The predicted octanol–water partition coefficient (Wildman–Crippen LogP) is 1.80. The second kappa shape index (κ2) is 4.73. The predicted molar refractivity (Wildman–Crippen MR) is 72.6 cm³/mol. The van der Waals surface area contributed by atoms with Gasteiger partial charge in [0.15, 0.2) is 6.04 Å². The number of ether oxygens (including phenoxy) is 1. The van der Waals surface area contributed by atoms with Crippen LogP contribution in [0.15, 0.2) is 42.3 Å². The fraction of sp³-hybridized carbons (Fsp3) is 0.267. The number of cyclic esters (lactones) is 1. The van der Waals surface area contributed by atoms with Crippen molar-refractivity contribution in [3.05, 3.63) is 47.9 Å². The van der Waals surface area contributed by atoms with Gasteiger partial charge in [-0.05, 0) is 12.5 Å². The second-order valence-electron chi connectivity index (χ2n) is 5.01. The first-order valence-corrected chi connectivity index (χ1v) is 6.61. The van der Waals surface area contributed by atoms with Crippen LogP contribution in [-0.2, 0) is 14.3 Å². The van der Waals surface area contributed by atoms with Gasteiger partial charge in [0.05, 0.1) is 11.7 Å². The molecule has 1 aromatic carbocycles. The van der Waals surface area contributed by atoms with Gasteiger partial charge >= 0.3 is 12.0 Å². The number of rotatable bonds is 2. The third-order valence-corrected chi connectivity index (χ3v) is 3.76. The summed E-state index contributed by atoms with van der Waals surface area (Å²) in [5, 5.41) is 0. The third kappa shape index (κ3) is 1.91. The van der Waals surface area contributed by atoms with E-state index in [9.17, 15) is 14.4 Å². The molecule has 0 radical (unpaired) electrons. The summed E-state index contributed by atoms with van der Waals surface area (Å²) in [5.74, 6) is -1.08. The van der Waals surface area contributed by atoms with Gasteiger partial charge in [0.1, 0.15) is 6.26 Å². The van der Waals surface area contributed by atoms with Gasteiger partial charge in [-0.2, -0.15) is 0 Å². The topological polar surface area (TPSA) is 66.9 Å². The Morgan fingerprint density at radius 1 is 1.24 bits per heavy atom. The van der Waals surface area contributed by atoms with E-state index in [1.165, 1.54) is 18.1 Å². The summed E-state index contributed by atoms with van der Waals surface area (Å²) in [4.78, 5) is 38.4. The summed E-state index contributed by atoms with van der Waals surface area (Å²) in [6.45, 7) is 3.11. The van der Waals surface area contributed by atoms with Crippen molar-refractivity contribution in [2.45, 2.75) is 25.9 Å². The number of nitrogens with zero attached hydrogens (tertiary/aromatic N) is 2. The van der Waals surface area contributed by atoms with Crippen molar-refractivity contribution in [3.63, 3.8) is 0 Å². The van der Waals surface area contributed by atoms with Crippen LogP contribution in [0.5, 0.6) is 0 Å². The van der Waals surface area contributed by atoms with E-state index in [1.54, 1.807) is 0 Å². The summed E-state index contributed by atoms with van der Waals surface area (Å²) >= 11 is 0. The summed E-state index contributed by atoms with van der Waals surface area (Å²) in [7, 11) is 0. The summed E-state index contributed by atoms with van der Waals surface area (Å²) in [6.07, 6.45) is 1.26. The minimum absolute atomic E-state index is 0.300. The van der Waals surface area contributed by atoms with Crippen LogP contribution in [-0.4, -0.2) is 33.7 Å². The first-order chi connectivity index (χ1) is 10.0. The maximum atomic E-state index is 12.5. The number of urea groups is 1. The molecular weight excluding hydrogens is 272 g/mol. The molecule has 2 aliphatic rings. The zero-order chi connectivity index (χ0) is 15.1. The molecule has 0 N–H and O–H groups in total. The fourth-order valence-electron chi connectivity index (χ4n) is 2.72. The molecule has 2 heterocycles.